The van der Waals surface area contributed by atoms with Crippen molar-refractivity contribution in [3.63, 3.8) is 0 Å². The van der Waals surface area contributed by atoms with Gasteiger partial charge in [0.2, 0.25) is 10.0 Å². The van der Waals surface area contributed by atoms with Gasteiger partial charge in [-0.1, -0.05) is 36.4 Å². The first-order valence-electron chi connectivity index (χ1n) is 11.4. The Bertz CT molecular complexity index is 963. The Hall–Kier alpha value is -2.00. The van der Waals surface area contributed by atoms with E-state index in [9.17, 15) is 13.5 Å². The van der Waals surface area contributed by atoms with Crippen molar-refractivity contribution in [3.05, 3.63) is 60.3 Å². The van der Waals surface area contributed by atoms with Crippen molar-refractivity contribution < 1.29 is 18.3 Å². The minimum Gasteiger partial charge on any atom is -0.385 e. The van der Waals surface area contributed by atoms with E-state index < -0.39 is 15.6 Å². The summed E-state index contributed by atoms with van der Waals surface area (Å²) >= 11 is 0. The van der Waals surface area contributed by atoms with Crippen LogP contribution in [-0.2, 0) is 20.4 Å². The molecule has 0 bridgehead atoms. The molecule has 1 aliphatic heterocycles. The predicted octanol–water partition coefficient (Wildman–Crippen LogP) is 2.67. The number of aliphatic hydroxyl groups is 1. The highest BCUT2D eigenvalue weighted by Gasteiger charge is 2.37. The quantitative estimate of drug-likeness (QED) is 0.662. The molecule has 4 rings (SSSR count). The maximum Gasteiger partial charge on any atom is 0.208 e. The van der Waals surface area contributed by atoms with Gasteiger partial charge in [-0.05, 0) is 49.8 Å². The van der Waals surface area contributed by atoms with Crippen LogP contribution in [0.25, 0.3) is 0 Å². The van der Waals surface area contributed by atoms with Gasteiger partial charge in [-0.15, -0.1) is 0 Å². The maximum atomic E-state index is 11.9. The summed E-state index contributed by atoms with van der Waals surface area (Å²) in [5.74, 6) is 0.927. The summed E-state index contributed by atoms with van der Waals surface area (Å²) in [7, 11) is -3.30. The van der Waals surface area contributed by atoms with Crippen LogP contribution in [0.5, 0.6) is 0 Å². The molecule has 2 heterocycles. The molecule has 0 radical (unpaired) electrons. The van der Waals surface area contributed by atoms with Gasteiger partial charge in [0, 0.05) is 31.2 Å². The number of ether oxygens (including phenoxy) is 1. The Labute approximate surface area is 190 Å². The number of nitrogens with one attached hydrogen (secondary N) is 1. The van der Waals surface area contributed by atoms with Gasteiger partial charge in [-0.3, -0.25) is 0 Å². The van der Waals surface area contributed by atoms with Gasteiger partial charge in [0.15, 0.2) is 0 Å². The summed E-state index contributed by atoms with van der Waals surface area (Å²) in [5.41, 5.74) is 0.177. The molecule has 1 aromatic carbocycles. The normalized spacial score (nSPS) is 29.1. The molecule has 2 aromatic rings. The van der Waals surface area contributed by atoms with Crippen LogP contribution in [0.4, 0.5) is 5.82 Å². The zero-order valence-electron chi connectivity index (χ0n) is 18.6. The first-order valence-corrected chi connectivity index (χ1v) is 13.2. The van der Waals surface area contributed by atoms with Crippen LogP contribution in [-0.4, -0.2) is 56.6 Å². The van der Waals surface area contributed by atoms with Gasteiger partial charge in [-0.2, -0.15) is 0 Å². The molecule has 2 aliphatic rings. The lowest BCUT2D eigenvalue weighted by Crippen LogP contribution is -2.52. The third-order valence-corrected chi connectivity index (χ3v) is 7.42. The molecule has 32 heavy (non-hydrogen) atoms. The number of sulfonamides is 1. The Morgan fingerprint density at radius 2 is 1.84 bits per heavy atom. The summed E-state index contributed by atoms with van der Waals surface area (Å²) in [6.07, 6.45) is 6.66. The summed E-state index contributed by atoms with van der Waals surface area (Å²) in [5, 5.41) is 11.1. The van der Waals surface area contributed by atoms with E-state index in [0.29, 0.717) is 32.4 Å². The van der Waals surface area contributed by atoms with Crippen LogP contribution >= 0.6 is 0 Å². The molecule has 1 aliphatic carbocycles. The Balaban J connectivity index is 1.36. The number of anilines is 1. The van der Waals surface area contributed by atoms with Crippen molar-refractivity contribution in [3.8, 4) is 0 Å². The highest BCUT2D eigenvalue weighted by molar-refractivity contribution is 7.88. The van der Waals surface area contributed by atoms with E-state index in [2.05, 4.69) is 14.6 Å². The minimum absolute atomic E-state index is 0.0235. The van der Waals surface area contributed by atoms with Gasteiger partial charge >= 0.3 is 0 Å². The lowest BCUT2D eigenvalue weighted by atomic mass is 9.78. The van der Waals surface area contributed by atoms with Crippen molar-refractivity contribution in [2.45, 2.75) is 49.9 Å². The fraction of sp³-hybridized carbons (Fsp3) is 0.542. The van der Waals surface area contributed by atoms with Crippen LogP contribution in [0, 0.1) is 5.92 Å². The first kappa shape index (κ1) is 23.2. The second-order valence-corrected chi connectivity index (χ2v) is 10.9. The minimum atomic E-state index is -3.30. The fourth-order valence-electron chi connectivity index (χ4n) is 4.91. The van der Waals surface area contributed by atoms with E-state index in [-0.39, 0.29) is 18.1 Å². The Morgan fingerprint density at radius 1 is 1.12 bits per heavy atom. The maximum absolute atomic E-state index is 11.9. The number of nitrogens with zero attached hydrogens (tertiary/aromatic N) is 2. The van der Waals surface area contributed by atoms with Gasteiger partial charge in [0.25, 0.3) is 0 Å². The number of hydrogen-bond acceptors (Lipinski definition) is 6. The van der Waals surface area contributed by atoms with Gasteiger partial charge < -0.3 is 14.7 Å². The fourth-order valence-corrected chi connectivity index (χ4v) is 5.77. The zero-order chi connectivity index (χ0) is 22.6. The third kappa shape index (κ3) is 5.86. The molecule has 7 nitrogen and oxygen atoms in total. The lowest BCUT2D eigenvalue weighted by Gasteiger charge is -2.41. The molecule has 2 N–H and O–H groups in total. The predicted molar refractivity (Wildman–Crippen MR) is 125 cm³/mol. The van der Waals surface area contributed by atoms with Crippen molar-refractivity contribution in [2.75, 3.05) is 30.9 Å². The number of piperidine rings is 1. The van der Waals surface area contributed by atoms with Crippen LogP contribution in [0.3, 0.4) is 0 Å². The molecule has 1 saturated carbocycles. The smallest absolute Gasteiger partial charge is 0.208 e. The van der Waals surface area contributed by atoms with E-state index in [1.54, 1.807) is 6.20 Å². The second kappa shape index (κ2) is 9.87. The van der Waals surface area contributed by atoms with E-state index in [1.807, 2.05) is 48.5 Å². The number of rotatable bonds is 7. The highest BCUT2D eigenvalue weighted by Crippen LogP contribution is 2.38. The van der Waals surface area contributed by atoms with Crippen molar-refractivity contribution in [1.82, 2.24) is 9.71 Å². The standard InChI is InChI=1S/C24H33N3O4S/c1-32(29,30)26-22-12-16-27(23-9-5-6-15-25-23)17-19(22)18-31-21-10-13-24(28,14-11-21)20-7-3-2-4-8-20/h2-9,15,19,21-22,26,28H,10-14,16-18H2,1H3/t19-,21-,22?,24-/m0/s1. The van der Waals surface area contributed by atoms with E-state index >= 15 is 0 Å². The van der Waals surface area contributed by atoms with Gasteiger partial charge in [0.1, 0.15) is 5.82 Å². The largest absolute Gasteiger partial charge is 0.385 e. The molecular formula is C24H33N3O4S. The molecule has 8 heteroatoms. The van der Waals surface area contributed by atoms with Gasteiger partial charge in [-0.25, -0.2) is 18.1 Å². The van der Waals surface area contributed by atoms with Gasteiger partial charge in [0.05, 0.1) is 24.6 Å². The summed E-state index contributed by atoms with van der Waals surface area (Å²) in [6, 6.07) is 15.5. The van der Waals surface area contributed by atoms with Crippen molar-refractivity contribution in [1.29, 1.82) is 0 Å². The van der Waals surface area contributed by atoms with E-state index in [4.69, 9.17) is 4.74 Å². The van der Waals surface area contributed by atoms with Crippen molar-refractivity contribution >= 4 is 15.8 Å². The van der Waals surface area contributed by atoms with E-state index in [1.165, 1.54) is 6.26 Å². The topological polar surface area (TPSA) is 91.8 Å². The summed E-state index contributed by atoms with van der Waals surface area (Å²) < 4.78 is 32.9. The Kier molecular flexibility index (Phi) is 7.14. The number of pyridine rings is 1. The monoisotopic (exact) mass is 459 g/mol. The van der Waals surface area contributed by atoms with Crippen LogP contribution in [0.1, 0.15) is 37.7 Å². The SMILES string of the molecule is CS(=O)(=O)NC1CCN(c2ccccn2)C[C@H]1CO[C@H]1CC[C@@](O)(c2ccccc2)CC1. The van der Waals surface area contributed by atoms with Crippen LogP contribution < -0.4 is 9.62 Å². The van der Waals surface area contributed by atoms with E-state index in [0.717, 1.165) is 30.8 Å². The number of aromatic nitrogens is 1. The average molecular weight is 460 g/mol. The van der Waals surface area contributed by atoms with Crippen molar-refractivity contribution in [2.24, 2.45) is 5.92 Å². The summed E-state index contributed by atoms with van der Waals surface area (Å²) in [6.45, 7) is 1.91. The third-order valence-electron chi connectivity index (χ3n) is 6.69. The first-order chi connectivity index (χ1) is 15.3. The second-order valence-electron chi connectivity index (χ2n) is 9.11. The zero-order valence-corrected chi connectivity index (χ0v) is 19.4. The molecule has 0 amide bonds. The highest BCUT2D eigenvalue weighted by atomic mass is 32.2. The Morgan fingerprint density at radius 3 is 2.50 bits per heavy atom. The molecule has 1 saturated heterocycles. The molecule has 1 aromatic heterocycles. The molecule has 174 valence electrons. The molecule has 2 fully saturated rings. The summed E-state index contributed by atoms with van der Waals surface area (Å²) in [4.78, 5) is 6.65. The van der Waals surface area contributed by atoms with Crippen LogP contribution in [0.2, 0.25) is 0 Å². The average Bonchev–Trinajstić information content (AvgIpc) is 2.80. The van der Waals surface area contributed by atoms with Crippen LogP contribution in [0.15, 0.2) is 54.7 Å². The molecular weight excluding hydrogens is 426 g/mol. The molecule has 0 spiro atoms. The molecule has 2 atom stereocenters. The molecule has 1 unspecified atom stereocenters. The number of benzene rings is 1. The lowest BCUT2D eigenvalue weighted by molar-refractivity contribution is -0.0677. The number of hydrogen-bond donors (Lipinski definition) is 2.